The summed E-state index contributed by atoms with van der Waals surface area (Å²) in [5, 5.41) is 5.64. The SMILES string of the molecule is Cc1cc(N2CCN(C(=O)c3cc(C(C)C)nc4c3c(C)nn4C(C)(C)C)CC2)nc(C)n1. The molecule has 4 rings (SSSR count). The topological polar surface area (TPSA) is 80.0 Å². The summed E-state index contributed by atoms with van der Waals surface area (Å²) in [5.74, 6) is 1.97. The number of carbonyl (C=O) groups is 1. The maximum absolute atomic E-state index is 13.8. The standard InChI is InChI=1S/C25H35N7O/c1-15(2)20-14-19(22-17(4)29-32(23(22)28-20)25(6,7)8)24(33)31-11-9-30(10-12-31)21-13-16(3)26-18(5)27-21/h13-15H,9-12H2,1-8H3. The molecular formula is C25H35N7O. The number of anilines is 1. The van der Waals surface area contributed by atoms with Crippen LogP contribution in [0.15, 0.2) is 12.1 Å². The Kier molecular flexibility index (Phi) is 5.88. The van der Waals surface area contributed by atoms with Crippen LogP contribution in [0.3, 0.4) is 0 Å². The maximum Gasteiger partial charge on any atom is 0.254 e. The van der Waals surface area contributed by atoms with Crippen LogP contribution in [0.25, 0.3) is 11.0 Å². The second-order valence-corrected chi connectivity index (χ2v) is 10.3. The fourth-order valence-electron chi connectivity index (χ4n) is 4.41. The van der Waals surface area contributed by atoms with Crippen LogP contribution in [0.1, 0.15) is 73.8 Å². The number of hydrogen-bond acceptors (Lipinski definition) is 6. The Balaban J connectivity index is 1.66. The molecular weight excluding hydrogens is 414 g/mol. The van der Waals surface area contributed by atoms with Gasteiger partial charge in [0.15, 0.2) is 5.65 Å². The maximum atomic E-state index is 13.8. The van der Waals surface area contributed by atoms with Gasteiger partial charge in [-0.2, -0.15) is 5.10 Å². The summed E-state index contributed by atoms with van der Waals surface area (Å²) < 4.78 is 1.96. The molecule has 1 aliphatic rings. The average molecular weight is 450 g/mol. The normalized spacial score (nSPS) is 15.1. The number of piperazine rings is 1. The lowest BCUT2D eigenvalue weighted by molar-refractivity contribution is 0.0748. The average Bonchev–Trinajstić information content (AvgIpc) is 3.09. The molecule has 8 nitrogen and oxygen atoms in total. The molecule has 0 bridgehead atoms. The van der Waals surface area contributed by atoms with E-state index >= 15 is 0 Å². The molecule has 0 aromatic carbocycles. The summed E-state index contributed by atoms with van der Waals surface area (Å²) in [4.78, 5) is 31.8. The molecule has 0 atom stereocenters. The summed E-state index contributed by atoms with van der Waals surface area (Å²) in [6.45, 7) is 19.2. The molecule has 1 fully saturated rings. The van der Waals surface area contributed by atoms with Crippen LogP contribution in [0.5, 0.6) is 0 Å². The highest BCUT2D eigenvalue weighted by Crippen LogP contribution is 2.30. The molecule has 1 aliphatic heterocycles. The fraction of sp³-hybridized carbons (Fsp3) is 0.560. The quantitative estimate of drug-likeness (QED) is 0.602. The number of pyridine rings is 1. The van der Waals surface area contributed by atoms with Gasteiger partial charge in [-0.15, -0.1) is 0 Å². The molecule has 33 heavy (non-hydrogen) atoms. The van der Waals surface area contributed by atoms with E-state index in [-0.39, 0.29) is 17.4 Å². The first-order chi connectivity index (χ1) is 15.5. The van der Waals surface area contributed by atoms with Gasteiger partial charge in [-0.3, -0.25) is 4.79 Å². The van der Waals surface area contributed by atoms with Crippen molar-refractivity contribution in [3.05, 3.63) is 40.6 Å². The van der Waals surface area contributed by atoms with Crippen LogP contribution < -0.4 is 4.90 Å². The molecule has 0 saturated carbocycles. The molecule has 0 radical (unpaired) electrons. The minimum atomic E-state index is -0.227. The highest BCUT2D eigenvalue weighted by atomic mass is 16.2. The highest BCUT2D eigenvalue weighted by molar-refractivity contribution is 6.06. The number of hydrogen-bond donors (Lipinski definition) is 0. The van der Waals surface area contributed by atoms with E-state index < -0.39 is 0 Å². The number of nitrogens with zero attached hydrogens (tertiary/aromatic N) is 7. The van der Waals surface area contributed by atoms with E-state index in [1.165, 1.54) is 0 Å². The fourth-order valence-corrected chi connectivity index (χ4v) is 4.41. The number of rotatable bonds is 3. The van der Waals surface area contributed by atoms with Crippen LogP contribution >= 0.6 is 0 Å². The second kappa shape index (κ2) is 8.39. The molecule has 8 heteroatoms. The van der Waals surface area contributed by atoms with Gasteiger partial charge in [0.25, 0.3) is 5.91 Å². The Morgan fingerprint density at radius 2 is 1.64 bits per heavy atom. The summed E-state index contributed by atoms with van der Waals surface area (Å²) in [6.07, 6.45) is 0. The first-order valence-electron chi connectivity index (χ1n) is 11.7. The smallest absolute Gasteiger partial charge is 0.254 e. The zero-order valence-electron chi connectivity index (χ0n) is 21.1. The molecule has 176 valence electrons. The van der Waals surface area contributed by atoms with Crippen LogP contribution in [-0.2, 0) is 5.54 Å². The number of aryl methyl sites for hydroxylation is 3. The Hall–Kier alpha value is -3.03. The second-order valence-electron chi connectivity index (χ2n) is 10.3. The van der Waals surface area contributed by atoms with Gasteiger partial charge in [-0.1, -0.05) is 13.8 Å². The minimum absolute atomic E-state index is 0.0514. The first kappa shape index (κ1) is 23.1. The van der Waals surface area contributed by atoms with E-state index in [0.29, 0.717) is 18.7 Å². The van der Waals surface area contributed by atoms with Crippen molar-refractivity contribution in [3.8, 4) is 0 Å². The summed E-state index contributed by atoms with van der Waals surface area (Å²) in [5.41, 5.74) is 4.00. The summed E-state index contributed by atoms with van der Waals surface area (Å²) >= 11 is 0. The van der Waals surface area contributed by atoms with E-state index in [0.717, 1.165) is 52.8 Å². The van der Waals surface area contributed by atoms with Crippen molar-refractivity contribution in [1.29, 1.82) is 0 Å². The van der Waals surface area contributed by atoms with Gasteiger partial charge >= 0.3 is 0 Å². The van der Waals surface area contributed by atoms with E-state index in [1.54, 1.807) is 0 Å². The van der Waals surface area contributed by atoms with Crippen molar-refractivity contribution >= 4 is 22.8 Å². The molecule has 0 unspecified atom stereocenters. The van der Waals surface area contributed by atoms with Gasteiger partial charge in [0, 0.05) is 43.6 Å². The van der Waals surface area contributed by atoms with Gasteiger partial charge in [0.2, 0.25) is 0 Å². The highest BCUT2D eigenvalue weighted by Gasteiger charge is 2.29. The third-order valence-electron chi connectivity index (χ3n) is 6.13. The van der Waals surface area contributed by atoms with Gasteiger partial charge < -0.3 is 9.80 Å². The lowest BCUT2D eigenvalue weighted by atomic mass is 10.0. The monoisotopic (exact) mass is 449 g/mol. The molecule has 3 aromatic heterocycles. The molecule has 1 amide bonds. The van der Waals surface area contributed by atoms with Crippen molar-refractivity contribution < 1.29 is 4.79 Å². The van der Waals surface area contributed by atoms with Gasteiger partial charge in [-0.05, 0) is 53.5 Å². The lowest BCUT2D eigenvalue weighted by Gasteiger charge is -2.35. The van der Waals surface area contributed by atoms with Crippen molar-refractivity contribution in [1.82, 2.24) is 29.6 Å². The number of aromatic nitrogens is 5. The van der Waals surface area contributed by atoms with Gasteiger partial charge in [-0.25, -0.2) is 19.6 Å². The van der Waals surface area contributed by atoms with E-state index in [4.69, 9.17) is 10.1 Å². The first-order valence-corrected chi connectivity index (χ1v) is 11.7. The zero-order chi connectivity index (χ0) is 24.1. The Labute approximate surface area is 196 Å². The lowest BCUT2D eigenvalue weighted by Crippen LogP contribution is -2.49. The Morgan fingerprint density at radius 3 is 2.21 bits per heavy atom. The van der Waals surface area contributed by atoms with Gasteiger partial charge in [0.05, 0.1) is 22.2 Å². The number of fused-ring (bicyclic) bond motifs is 1. The van der Waals surface area contributed by atoms with Crippen molar-refractivity contribution in [2.24, 2.45) is 0 Å². The third kappa shape index (κ3) is 4.43. The molecule has 4 heterocycles. The molecule has 0 spiro atoms. The molecule has 0 aliphatic carbocycles. The van der Waals surface area contributed by atoms with Crippen molar-refractivity contribution in [2.45, 2.75) is 66.8 Å². The van der Waals surface area contributed by atoms with E-state index in [9.17, 15) is 4.79 Å². The van der Waals surface area contributed by atoms with Crippen LogP contribution in [0.4, 0.5) is 5.82 Å². The number of carbonyl (C=O) groups excluding carboxylic acids is 1. The predicted molar refractivity (Wildman–Crippen MR) is 131 cm³/mol. The zero-order valence-corrected chi connectivity index (χ0v) is 21.1. The molecule has 0 N–H and O–H groups in total. The van der Waals surface area contributed by atoms with Crippen LogP contribution in [-0.4, -0.2) is 61.7 Å². The summed E-state index contributed by atoms with van der Waals surface area (Å²) in [7, 11) is 0. The largest absolute Gasteiger partial charge is 0.353 e. The van der Waals surface area contributed by atoms with E-state index in [1.807, 2.05) is 42.5 Å². The predicted octanol–water partition coefficient (Wildman–Crippen LogP) is 3.99. The van der Waals surface area contributed by atoms with E-state index in [2.05, 4.69) is 49.5 Å². The van der Waals surface area contributed by atoms with Crippen molar-refractivity contribution in [2.75, 3.05) is 31.1 Å². The van der Waals surface area contributed by atoms with Crippen LogP contribution in [0, 0.1) is 20.8 Å². The Morgan fingerprint density at radius 1 is 0.970 bits per heavy atom. The van der Waals surface area contributed by atoms with Gasteiger partial charge in [0.1, 0.15) is 11.6 Å². The molecule has 3 aromatic rings. The molecule has 1 saturated heterocycles. The van der Waals surface area contributed by atoms with Crippen LogP contribution in [0.2, 0.25) is 0 Å². The minimum Gasteiger partial charge on any atom is -0.353 e. The summed E-state index contributed by atoms with van der Waals surface area (Å²) in [6, 6.07) is 3.98. The van der Waals surface area contributed by atoms with Crippen molar-refractivity contribution in [3.63, 3.8) is 0 Å². The Bertz CT molecular complexity index is 1180. The number of amides is 1. The third-order valence-corrected chi connectivity index (χ3v) is 6.13.